The van der Waals surface area contributed by atoms with Crippen molar-refractivity contribution in [2.75, 3.05) is 19.6 Å². The van der Waals surface area contributed by atoms with Crippen molar-refractivity contribution in [1.29, 1.82) is 0 Å². The molecule has 0 aliphatic carbocycles. The number of amides is 1. The van der Waals surface area contributed by atoms with Gasteiger partial charge in [0.2, 0.25) is 5.91 Å². The molecule has 18 heavy (non-hydrogen) atoms. The summed E-state index contributed by atoms with van der Waals surface area (Å²) in [6.45, 7) is 9.27. The highest BCUT2D eigenvalue weighted by Gasteiger charge is 2.28. The summed E-state index contributed by atoms with van der Waals surface area (Å²) in [5.41, 5.74) is -0.465. The van der Waals surface area contributed by atoms with E-state index in [1.807, 2.05) is 20.8 Å². The van der Waals surface area contributed by atoms with E-state index in [-0.39, 0.29) is 11.9 Å². The fourth-order valence-corrected chi connectivity index (χ4v) is 1.75. The Bertz CT molecular complexity index is 302. The summed E-state index contributed by atoms with van der Waals surface area (Å²) in [5.74, 6) is 0.304. The molecule has 1 aliphatic rings. The van der Waals surface area contributed by atoms with Crippen LogP contribution in [0.3, 0.4) is 0 Å². The molecule has 0 radical (unpaired) electrons. The second-order valence-electron chi connectivity index (χ2n) is 5.94. The minimum Gasteiger partial charge on any atom is -0.367 e. The Morgan fingerprint density at radius 1 is 1.28 bits per heavy atom. The van der Waals surface area contributed by atoms with Crippen LogP contribution in [0.4, 0.5) is 0 Å². The Labute approximate surface area is 109 Å². The molecule has 1 amide bonds. The highest BCUT2D eigenvalue weighted by Crippen LogP contribution is 2.20. The maximum absolute atomic E-state index is 11.7. The van der Waals surface area contributed by atoms with Crippen LogP contribution in [0.1, 0.15) is 40.5 Å². The molecular weight excluding hydrogens is 232 g/mol. The third kappa shape index (κ3) is 5.04. The van der Waals surface area contributed by atoms with Crippen molar-refractivity contribution in [2.24, 2.45) is 11.3 Å². The van der Waals surface area contributed by atoms with Crippen molar-refractivity contribution in [2.45, 2.75) is 40.5 Å². The normalized spacial score (nSPS) is 18.4. The molecule has 0 saturated carbocycles. The molecule has 1 saturated heterocycles. The van der Waals surface area contributed by atoms with Crippen LogP contribution >= 0.6 is 0 Å². The second kappa shape index (κ2) is 6.18. The number of carbonyl (C=O) groups is 2. The first-order valence-corrected chi connectivity index (χ1v) is 6.51. The van der Waals surface area contributed by atoms with Crippen LogP contribution < -0.4 is 5.32 Å². The lowest BCUT2D eigenvalue weighted by Crippen LogP contribution is -2.41. The highest BCUT2D eigenvalue weighted by atomic mass is 16.7. The smallest absolute Gasteiger partial charge is 0.330 e. The number of carbonyl (C=O) groups excluding carboxylic acids is 2. The minimum atomic E-state index is -0.465. The molecule has 0 atom stereocenters. The average Bonchev–Trinajstić information content (AvgIpc) is 2.26. The van der Waals surface area contributed by atoms with Crippen LogP contribution in [0, 0.1) is 11.3 Å². The number of nitrogens with one attached hydrogen (secondary N) is 1. The van der Waals surface area contributed by atoms with Crippen molar-refractivity contribution in [3.63, 3.8) is 0 Å². The number of hydrogen-bond acceptors (Lipinski definition) is 4. The molecule has 0 spiro atoms. The van der Waals surface area contributed by atoms with Gasteiger partial charge in [-0.2, -0.15) is 0 Å². The van der Waals surface area contributed by atoms with E-state index in [2.05, 4.69) is 5.32 Å². The van der Waals surface area contributed by atoms with Gasteiger partial charge in [-0.3, -0.25) is 4.79 Å². The summed E-state index contributed by atoms with van der Waals surface area (Å²) < 4.78 is 0. The SMILES string of the molecule is CC(=O)NCC1CCN(OC(=O)C(C)(C)C)CC1. The Balaban J connectivity index is 2.27. The van der Waals surface area contributed by atoms with Gasteiger partial charge in [0, 0.05) is 26.6 Å². The first kappa shape index (κ1) is 15.0. The Kier molecular flexibility index (Phi) is 5.14. The topological polar surface area (TPSA) is 58.6 Å². The minimum absolute atomic E-state index is 0.0107. The van der Waals surface area contributed by atoms with Gasteiger partial charge >= 0.3 is 5.97 Å². The zero-order valence-electron chi connectivity index (χ0n) is 11.8. The summed E-state index contributed by atoms with van der Waals surface area (Å²) in [4.78, 5) is 27.9. The van der Waals surface area contributed by atoms with Crippen LogP contribution in [0.25, 0.3) is 0 Å². The number of nitrogens with zero attached hydrogens (tertiary/aromatic N) is 1. The van der Waals surface area contributed by atoms with Crippen molar-refractivity contribution in [3.8, 4) is 0 Å². The van der Waals surface area contributed by atoms with E-state index in [1.54, 1.807) is 5.06 Å². The predicted octanol–water partition coefficient (Wildman–Crippen LogP) is 1.34. The molecule has 1 aliphatic heterocycles. The fourth-order valence-electron chi connectivity index (χ4n) is 1.75. The zero-order chi connectivity index (χ0) is 13.8. The van der Waals surface area contributed by atoms with Crippen LogP contribution in [-0.2, 0) is 14.4 Å². The summed E-state index contributed by atoms with van der Waals surface area (Å²) in [6.07, 6.45) is 1.88. The van der Waals surface area contributed by atoms with E-state index in [0.29, 0.717) is 5.92 Å². The van der Waals surface area contributed by atoms with Gasteiger partial charge in [-0.15, -0.1) is 5.06 Å². The lowest BCUT2D eigenvalue weighted by molar-refractivity contribution is -0.205. The van der Waals surface area contributed by atoms with Crippen molar-refractivity contribution in [3.05, 3.63) is 0 Å². The molecular formula is C13H24N2O3. The maximum atomic E-state index is 11.7. The average molecular weight is 256 g/mol. The van der Waals surface area contributed by atoms with E-state index in [0.717, 1.165) is 32.5 Å². The molecule has 104 valence electrons. The standard InChI is InChI=1S/C13H24N2O3/c1-10(16)14-9-11-5-7-15(8-6-11)18-12(17)13(2,3)4/h11H,5-9H2,1-4H3,(H,14,16). The third-order valence-electron chi connectivity index (χ3n) is 3.04. The number of hydroxylamine groups is 2. The van der Waals surface area contributed by atoms with Gasteiger partial charge in [0.05, 0.1) is 5.41 Å². The van der Waals surface area contributed by atoms with Crippen molar-refractivity contribution < 1.29 is 14.4 Å². The van der Waals surface area contributed by atoms with Crippen LogP contribution in [-0.4, -0.2) is 36.6 Å². The van der Waals surface area contributed by atoms with Crippen molar-refractivity contribution in [1.82, 2.24) is 10.4 Å². The van der Waals surface area contributed by atoms with Gasteiger partial charge in [-0.25, -0.2) is 4.79 Å². The monoisotopic (exact) mass is 256 g/mol. The summed E-state index contributed by atoms with van der Waals surface area (Å²) >= 11 is 0. The zero-order valence-corrected chi connectivity index (χ0v) is 11.8. The molecule has 0 aromatic heterocycles. The number of rotatable bonds is 3. The Morgan fingerprint density at radius 2 is 1.83 bits per heavy atom. The van der Waals surface area contributed by atoms with Gasteiger partial charge in [-0.1, -0.05) is 0 Å². The summed E-state index contributed by atoms with van der Waals surface area (Å²) in [5, 5.41) is 4.56. The van der Waals surface area contributed by atoms with Gasteiger partial charge in [0.15, 0.2) is 0 Å². The molecule has 0 bridgehead atoms. The first-order valence-electron chi connectivity index (χ1n) is 6.51. The molecule has 1 heterocycles. The fraction of sp³-hybridized carbons (Fsp3) is 0.846. The van der Waals surface area contributed by atoms with E-state index < -0.39 is 5.41 Å². The number of hydrogen-bond donors (Lipinski definition) is 1. The van der Waals surface area contributed by atoms with Crippen LogP contribution in [0.2, 0.25) is 0 Å². The molecule has 0 aromatic rings. The van der Waals surface area contributed by atoms with Gasteiger partial charge in [0.1, 0.15) is 0 Å². The second-order valence-corrected chi connectivity index (χ2v) is 5.94. The molecule has 5 heteroatoms. The van der Waals surface area contributed by atoms with Crippen LogP contribution in [0.5, 0.6) is 0 Å². The van der Waals surface area contributed by atoms with Gasteiger partial charge < -0.3 is 10.2 Å². The largest absolute Gasteiger partial charge is 0.367 e. The molecule has 1 rings (SSSR count). The third-order valence-corrected chi connectivity index (χ3v) is 3.04. The highest BCUT2D eigenvalue weighted by molar-refractivity contribution is 5.75. The maximum Gasteiger partial charge on any atom is 0.330 e. The van der Waals surface area contributed by atoms with Crippen LogP contribution in [0.15, 0.2) is 0 Å². The molecule has 5 nitrogen and oxygen atoms in total. The molecule has 0 aromatic carbocycles. The lowest BCUT2D eigenvalue weighted by atomic mass is 9.97. The van der Waals surface area contributed by atoms with E-state index in [4.69, 9.17) is 4.84 Å². The number of piperidine rings is 1. The summed E-state index contributed by atoms with van der Waals surface area (Å²) in [7, 11) is 0. The quantitative estimate of drug-likeness (QED) is 0.828. The first-order chi connectivity index (χ1) is 8.29. The van der Waals surface area contributed by atoms with E-state index >= 15 is 0 Å². The summed E-state index contributed by atoms with van der Waals surface area (Å²) in [6, 6.07) is 0. The van der Waals surface area contributed by atoms with Gasteiger partial charge in [0.25, 0.3) is 0 Å². The van der Waals surface area contributed by atoms with E-state index in [1.165, 1.54) is 6.92 Å². The van der Waals surface area contributed by atoms with E-state index in [9.17, 15) is 9.59 Å². The van der Waals surface area contributed by atoms with Crippen molar-refractivity contribution >= 4 is 11.9 Å². The Hall–Kier alpha value is -1.10. The van der Waals surface area contributed by atoms with Gasteiger partial charge in [-0.05, 0) is 39.5 Å². The molecule has 0 unspecified atom stereocenters. The predicted molar refractivity (Wildman–Crippen MR) is 68.5 cm³/mol. The molecule has 1 N–H and O–H groups in total. The molecule has 1 fully saturated rings. The lowest BCUT2D eigenvalue weighted by Gasteiger charge is -2.32. The Morgan fingerprint density at radius 3 is 2.28 bits per heavy atom.